The number of ether oxygens (including phenoxy) is 1. The second-order valence-corrected chi connectivity index (χ2v) is 6.02. The van der Waals surface area contributed by atoms with E-state index in [1.54, 1.807) is 11.3 Å². The van der Waals surface area contributed by atoms with Crippen LogP contribution in [-0.2, 0) is 11.2 Å². The van der Waals surface area contributed by atoms with Crippen molar-refractivity contribution < 1.29 is 4.74 Å². The average Bonchev–Trinajstić information content (AvgIpc) is 3.16. The molecule has 0 spiro atoms. The van der Waals surface area contributed by atoms with E-state index in [1.165, 1.54) is 5.56 Å². The Balaban J connectivity index is 1.70. The Morgan fingerprint density at radius 3 is 2.95 bits per heavy atom. The maximum absolute atomic E-state index is 5.70. The van der Waals surface area contributed by atoms with Gasteiger partial charge < -0.3 is 10.1 Å². The highest BCUT2D eigenvalue weighted by molar-refractivity contribution is 7.09. The van der Waals surface area contributed by atoms with E-state index in [0.717, 1.165) is 36.6 Å². The lowest BCUT2D eigenvalue weighted by Crippen LogP contribution is -2.18. The van der Waals surface area contributed by atoms with Crippen molar-refractivity contribution >= 4 is 11.3 Å². The van der Waals surface area contributed by atoms with Gasteiger partial charge in [-0.1, -0.05) is 30.3 Å². The van der Waals surface area contributed by atoms with Crippen LogP contribution < -0.4 is 5.32 Å². The van der Waals surface area contributed by atoms with E-state index < -0.39 is 0 Å². The molecular formula is C16H20N2OS. The molecule has 0 bridgehead atoms. The van der Waals surface area contributed by atoms with Gasteiger partial charge in [0.05, 0.1) is 5.69 Å². The molecule has 1 aliphatic rings. The van der Waals surface area contributed by atoms with E-state index in [9.17, 15) is 0 Å². The van der Waals surface area contributed by atoms with Crippen LogP contribution in [0.5, 0.6) is 0 Å². The molecule has 1 aromatic heterocycles. The number of rotatable bonds is 5. The fourth-order valence-electron chi connectivity index (χ4n) is 2.62. The van der Waals surface area contributed by atoms with Gasteiger partial charge >= 0.3 is 0 Å². The molecule has 1 N–H and O–H groups in total. The van der Waals surface area contributed by atoms with Gasteiger partial charge in [-0.15, -0.1) is 11.3 Å². The number of hydrogen-bond acceptors (Lipinski definition) is 4. The third kappa shape index (κ3) is 3.08. The molecular weight excluding hydrogens is 268 g/mol. The first-order valence-corrected chi connectivity index (χ1v) is 8.03. The lowest BCUT2D eigenvalue weighted by Gasteiger charge is -2.15. The summed E-state index contributed by atoms with van der Waals surface area (Å²) in [6.07, 6.45) is 3.42. The Kier molecular flexibility index (Phi) is 4.45. The van der Waals surface area contributed by atoms with Crippen LogP contribution in [0.25, 0.3) is 0 Å². The van der Waals surface area contributed by atoms with Crippen molar-refractivity contribution in [1.29, 1.82) is 0 Å². The summed E-state index contributed by atoms with van der Waals surface area (Å²) < 4.78 is 5.70. The van der Waals surface area contributed by atoms with Crippen molar-refractivity contribution in [2.45, 2.75) is 31.4 Å². The summed E-state index contributed by atoms with van der Waals surface area (Å²) in [4.78, 5) is 4.76. The lowest BCUT2D eigenvalue weighted by molar-refractivity contribution is 0.111. The van der Waals surface area contributed by atoms with Crippen LogP contribution in [0.2, 0.25) is 0 Å². The number of thiazole rings is 1. The van der Waals surface area contributed by atoms with E-state index in [2.05, 4.69) is 41.0 Å². The van der Waals surface area contributed by atoms with Gasteiger partial charge in [-0.2, -0.15) is 0 Å². The second kappa shape index (κ2) is 6.48. The largest absolute Gasteiger partial charge is 0.371 e. The van der Waals surface area contributed by atoms with Crippen LogP contribution >= 0.6 is 11.3 Å². The zero-order chi connectivity index (χ0) is 13.8. The number of aromatic nitrogens is 1. The van der Waals surface area contributed by atoms with Gasteiger partial charge in [0, 0.05) is 24.4 Å². The quantitative estimate of drug-likeness (QED) is 0.914. The molecule has 2 unspecified atom stereocenters. The molecule has 3 rings (SSSR count). The summed E-state index contributed by atoms with van der Waals surface area (Å²) in [6, 6.07) is 10.9. The molecule has 106 valence electrons. The first-order chi connectivity index (χ1) is 9.86. The number of nitrogens with zero attached hydrogens (tertiary/aromatic N) is 1. The van der Waals surface area contributed by atoms with Crippen molar-refractivity contribution in [2.24, 2.45) is 0 Å². The van der Waals surface area contributed by atoms with Crippen molar-refractivity contribution in [2.75, 3.05) is 13.7 Å². The molecule has 1 aliphatic heterocycles. The Labute approximate surface area is 124 Å². The molecule has 0 radical (unpaired) electrons. The lowest BCUT2D eigenvalue weighted by atomic mass is 10.0. The first-order valence-electron chi connectivity index (χ1n) is 7.15. The molecule has 2 heterocycles. The first kappa shape index (κ1) is 13.7. The standard InChI is InChI=1S/C16H20N2OS/c1-17-14(12-6-3-2-4-7-12)10-13-11-20-16(18-13)15-8-5-9-19-15/h2-4,6-7,11,14-15,17H,5,8-10H2,1H3. The summed E-state index contributed by atoms with van der Waals surface area (Å²) >= 11 is 1.73. The van der Waals surface area contributed by atoms with Crippen LogP contribution in [0.15, 0.2) is 35.7 Å². The molecule has 20 heavy (non-hydrogen) atoms. The number of nitrogens with one attached hydrogen (secondary N) is 1. The van der Waals surface area contributed by atoms with Crippen molar-refractivity contribution in [3.8, 4) is 0 Å². The van der Waals surface area contributed by atoms with Crippen molar-refractivity contribution in [3.05, 3.63) is 52.0 Å². The minimum atomic E-state index is 0.235. The monoisotopic (exact) mass is 288 g/mol. The molecule has 3 nitrogen and oxygen atoms in total. The van der Waals surface area contributed by atoms with Crippen LogP contribution in [-0.4, -0.2) is 18.6 Å². The molecule has 1 saturated heterocycles. The van der Waals surface area contributed by atoms with Crippen molar-refractivity contribution in [3.63, 3.8) is 0 Å². The van der Waals surface area contributed by atoms with Gasteiger partial charge in [0.15, 0.2) is 0 Å². The molecule has 0 amide bonds. The molecule has 4 heteroatoms. The molecule has 2 aromatic rings. The van der Waals surface area contributed by atoms with Gasteiger partial charge in [0.1, 0.15) is 11.1 Å². The predicted molar refractivity (Wildman–Crippen MR) is 82.0 cm³/mol. The van der Waals surface area contributed by atoms with E-state index in [0.29, 0.717) is 6.04 Å². The predicted octanol–water partition coefficient (Wildman–Crippen LogP) is 3.50. The minimum Gasteiger partial charge on any atom is -0.371 e. The van der Waals surface area contributed by atoms with E-state index in [-0.39, 0.29) is 6.10 Å². The average molecular weight is 288 g/mol. The third-order valence-corrected chi connectivity index (χ3v) is 4.72. The normalized spacial score (nSPS) is 20.1. The van der Waals surface area contributed by atoms with Crippen molar-refractivity contribution in [1.82, 2.24) is 10.3 Å². The van der Waals surface area contributed by atoms with Gasteiger partial charge in [0.2, 0.25) is 0 Å². The summed E-state index contributed by atoms with van der Waals surface area (Å²) in [5.41, 5.74) is 2.46. The Morgan fingerprint density at radius 2 is 2.25 bits per heavy atom. The highest BCUT2D eigenvalue weighted by Crippen LogP contribution is 2.31. The van der Waals surface area contributed by atoms with Gasteiger partial charge in [-0.3, -0.25) is 0 Å². The third-order valence-electron chi connectivity index (χ3n) is 3.74. The molecule has 1 aromatic carbocycles. The summed E-state index contributed by atoms with van der Waals surface area (Å²) in [5, 5.41) is 6.69. The van der Waals surface area contributed by atoms with Gasteiger partial charge in [0.25, 0.3) is 0 Å². The number of benzene rings is 1. The minimum absolute atomic E-state index is 0.235. The summed E-state index contributed by atoms with van der Waals surface area (Å²) in [6.45, 7) is 0.878. The fourth-order valence-corrected chi connectivity index (χ4v) is 3.53. The van der Waals surface area contributed by atoms with Crippen LogP contribution in [0.1, 0.15) is 41.3 Å². The smallest absolute Gasteiger partial charge is 0.122 e. The zero-order valence-corrected chi connectivity index (χ0v) is 12.5. The topological polar surface area (TPSA) is 34.1 Å². The Morgan fingerprint density at radius 1 is 1.40 bits per heavy atom. The summed E-state index contributed by atoms with van der Waals surface area (Å²) in [5.74, 6) is 0. The van der Waals surface area contributed by atoms with Gasteiger partial charge in [-0.25, -0.2) is 4.98 Å². The Hall–Kier alpha value is -1.23. The second-order valence-electron chi connectivity index (χ2n) is 5.13. The molecule has 2 atom stereocenters. The number of hydrogen-bond donors (Lipinski definition) is 1. The van der Waals surface area contributed by atoms with Crippen LogP contribution in [0.4, 0.5) is 0 Å². The highest BCUT2D eigenvalue weighted by atomic mass is 32.1. The Bertz CT molecular complexity index is 534. The summed E-state index contributed by atoms with van der Waals surface area (Å²) in [7, 11) is 2.00. The zero-order valence-electron chi connectivity index (χ0n) is 11.7. The molecule has 0 aliphatic carbocycles. The van der Waals surface area contributed by atoms with Crippen LogP contribution in [0, 0.1) is 0 Å². The molecule has 0 saturated carbocycles. The highest BCUT2D eigenvalue weighted by Gasteiger charge is 2.21. The van der Waals surface area contributed by atoms with E-state index in [1.807, 2.05) is 7.05 Å². The maximum atomic E-state index is 5.70. The fraction of sp³-hybridized carbons (Fsp3) is 0.438. The SMILES string of the molecule is CNC(Cc1csc(C2CCCO2)n1)c1ccccc1. The van der Waals surface area contributed by atoms with E-state index in [4.69, 9.17) is 9.72 Å². The van der Waals surface area contributed by atoms with Gasteiger partial charge in [-0.05, 0) is 25.5 Å². The maximum Gasteiger partial charge on any atom is 0.122 e. The number of likely N-dealkylation sites (N-methyl/N-ethyl adjacent to an activating group) is 1. The van der Waals surface area contributed by atoms with Crippen LogP contribution in [0.3, 0.4) is 0 Å². The molecule has 1 fully saturated rings. The van der Waals surface area contributed by atoms with E-state index >= 15 is 0 Å².